The van der Waals surface area contributed by atoms with Crippen molar-refractivity contribution in [1.29, 1.82) is 5.41 Å². The topological polar surface area (TPSA) is 91.7 Å². The molecule has 2 N–H and O–H groups in total. The summed E-state index contributed by atoms with van der Waals surface area (Å²) in [6, 6.07) is 6.54. The van der Waals surface area contributed by atoms with Gasteiger partial charge in [-0.2, -0.15) is 0 Å². The summed E-state index contributed by atoms with van der Waals surface area (Å²) in [5.41, 5.74) is -0.941. The van der Waals surface area contributed by atoms with Crippen LogP contribution in [-0.2, 0) is 9.47 Å². The predicted molar refractivity (Wildman–Crippen MR) is 100 cm³/mol. The summed E-state index contributed by atoms with van der Waals surface area (Å²) < 4.78 is 10.5. The Hall–Kier alpha value is -3.01. The molecule has 1 aromatic carbocycles. The number of alkyl carbamates (subject to hydrolysis) is 1. The number of guanidine groups is 1. The van der Waals surface area contributed by atoms with E-state index in [2.05, 4.69) is 11.2 Å². The molecular formula is C19H25N3O4. The van der Waals surface area contributed by atoms with Gasteiger partial charge >= 0.3 is 12.2 Å². The Labute approximate surface area is 154 Å². The van der Waals surface area contributed by atoms with Crippen molar-refractivity contribution in [1.82, 2.24) is 5.32 Å². The van der Waals surface area contributed by atoms with Crippen molar-refractivity contribution >= 4 is 23.8 Å². The second-order valence-electron chi connectivity index (χ2n) is 7.45. The van der Waals surface area contributed by atoms with Gasteiger partial charge in [-0.05, 0) is 53.7 Å². The third-order valence-electron chi connectivity index (χ3n) is 2.72. The number of benzene rings is 1. The lowest BCUT2D eigenvalue weighted by Gasteiger charge is -2.28. The number of para-hydroxylation sites is 1. The van der Waals surface area contributed by atoms with E-state index >= 15 is 0 Å². The highest BCUT2D eigenvalue weighted by Gasteiger charge is 2.30. The molecule has 140 valence electrons. The molecule has 0 unspecified atom stereocenters. The van der Waals surface area contributed by atoms with Gasteiger partial charge in [0.15, 0.2) is 0 Å². The number of carbonyl (C=O) groups excluding carboxylic acids is 2. The van der Waals surface area contributed by atoms with E-state index in [1.165, 1.54) is 0 Å². The lowest BCUT2D eigenvalue weighted by atomic mass is 10.1. The van der Waals surface area contributed by atoms with Crippen LogP contribution in [0.3, 0.4) is 0 Å². The summed E-state index contributed by atoms with van der Waals surface area (Å²) in [4.78, 5) is 25.5. The second-order valence-corrected chi connectivity index (χ2v) is 7.45. The fourth-order valence-corrected chi connectivity index (χ4v) is 1.86. The molecular weight excluding hydrogens is 334 g/mol. The van der Waals surface area contributed by atoms with E-state index in [0.29, 0.717) is 5.56 Å². The highest BCUT2D eigenvalue weighted by Crippen LogP contribution is 2.22. The molecule has 1 rings (SSSR count). The van der Waals surface area contributed by atoms with Crippen molar-refractivity contribution in [2.75, 3.05) is 4.90 Å². The molecule has 0 aliphatic rings. The van der Waals surface area contributed by atoms with Gasteiger partial charge in [0.1, 0.15) is 11.2 Å². The Balaban J connectivity index is 3.20. The molecule has 1 aromatic rings. The predicted octanol–water partition coefficient (Wildman–Crippen LogP) is 3.87. The summed E-state index contributed by atoms with van der Waals surface area (Å²) >= 11 is 0. The van der Waals surface area contributed by atoms with Crippen LogP contribution in [-0.4, -0.2) is 29.3 Å². The summed E-state index contributed by atoms with van der Waals surface area (Å²) in [6.45, 7) is 10.2. The van der Waals surface area contributed by atoms with Crippen LogP contribution in [0.25, 0.3) is 0 Å². The minimum absolute atomic E-state index is 0.241. The molecule has 0 fully saturated rings. The van der Waals surface area contributed by atoms with Crippen molar-refractivity contribution in [2.24, 2.45) is 0 Å². The van der Waals surface area contributed by atoms with Crippen LogP contribution in [0.15, 0.2) is 24.3 Å². The molecule has 7 nitrogen and oxygen atoms in total. The minimum Gasteiger partial charge on any atom is -0.444 e. The Morgan fingerprint density at radius 2 is 1.62 bits per heavy atom. The summed E-state index contributed by atoms with van der Waals surface area (Å²) in [6.07, 6.45) is 3.78. The third-order valence-corrected chi connectivity index (χ3v) is 2.72. The first kappa shape index (κ1) is 21.0. The molecule has 0 spiro atoms. The van der Waals surface area contributed by atoms with E-state index < -0.39 is 29.3 Å². The SMILES string of the molecule is C#Cc1ccccc1N(C(=N)NC(=O)OC(C)(C)C)C(=O)OC(C)(C)C. The molecule has 2 amide bonds. The highest BCUT2D eigenvalue weighted by atomic mass is 16.6. The number of nitrogens with zero attached hydrogens (tertiary/aromatic N) is 1. The summed E-state index contributed by atoms with van der Waals surface area (Å²) in [5, 5.41) is 10.4. The lowest BCUT2D eigenvalue weighted by Crippen LogP contribution is -2.50. The Kier molecular flexibility index (Phi) is 6.40. The molecule has 0 radical (unpaired) electrons. The smallest absolute Gasteiger partial charge is 0.421 e. The number of ether oxygens (including phenoxy) is 2. The van der Waals surface area contributed by atoms with Gasteiger partial charge in [-0.25, -0.2) is 14.5 Å². The van der Waals surface area contributed by atoms with E-state index in [1.54, 1.807) is 65.8 Å². The van der Waals surface area contributed by atoms with Crippen molar-refractivity contribution < 1.29 is 19.1 Å². The van der Waals surface area contributed by atoms with E-state index in [9.17, 15) is 9.59 Å². The molecule has 0 atom stereocenters. The number of anilines is 1. The van der Waals surface area contributed by atoms with Gasteiger partial charge in [0.2, 0.25) is 5.96 Å². The van der Waals surface area contributed by atoms with Crippen LogP contribution in [0.2, 0.25) is 0 Å². The van der Waals surface area contributed by atoms with Gasteiger partial charge in [0.05, 0.1) is 5.69 Å². The van der Waals surface area contributed by atoms with Gasteiger partial charge in [0, 0.05) is 5.56 Å². The molecule has 26 heavy (non-hydrogen) atoms. The quantitative estimate of drug-likeness (QED) is 0.452. The standard InChI is InChI=1S/C19H25N3O4/c1-8-13-11-9-10-12-14(13)22(17(24)26-19(5,6)7)15(20)21-16(23)25-18(2,3)4/h1,9-12H,2-7H3,(H2,20,21,23). The third kappa shape index (κ3) is 6.48. The van der Waals surface area contributed by atoms with E-state index in [1.807, 2.05) is 0 Å². The molecule has 0 saturated heterocycles. The first-order valence-electron chi connectivity index (χ1n) is 8.01. The van der Waals surface area contributed by atoms with Crippen molar-refractivity contribution in [3.63, 3.8) is 0 Å². The number of hydrogen-bond acceptors (Lipinski definition) is 5. The maximum absolute atomic E-state index is 12.6. The zero-order valence-electron chi connectivity index (χ0n) is 16.0. The van der Waals surface area contributed by atoms with Crippen molar-refractivity contribution in [2.45, 2.75) is 52.7 Å². The zero-order chi connectivity index (χ0) is 20.1. The number of hydrogen-bond donors (Lipinski definition) is 2. The van der Waals surface area contributed by atoms with Crippen LogP contribution >= 0.6 is 0 Å². The Morgan fingerprint density at radius 1 is 1.08 bits per heavy atom. The van der Waals surface area contributed by atoms with E-state index in [4.69, 9.17) is 21.3 Å². The van der Waals surface area contributed by atoms with Crippen LogP contribution in [0.1, 0.15) is 47.1 Å². The van der Waals surface area contributed by atoms with Gasteiger partial charge in [0.25, 0.3) is 0 Å². The average Bonchev–Trinajstić information content (AvgIpc) is 2.43. The summed E-state index contributed by atoms with van der Waals surface area (Å²) in [7, 11) is 0. The van der Waals surface area contributed by atoms with Gasteiger partial charge in [-0.3, -0.25) is 10.7 Å². The molecule has 0 saturated carbocycles. The minimum atomic E-state index is -0.866. The fraction of sp³-hybridized carbons (Fsp3) is 0.421. The monoisotopic (exact) mass is 359 g/mol. The normalized spacial score (nSPS) is 11.1. The van der Waals surface area contributed by atoms with Gasteiger partial charge < -0.3 is 9.47 Å². The van der Waals surface area contributed by atoms with Crippen molar-refractivity contribution in [3.05, 3.63) is 29.8 Å². The van der Waals surface area contributed by atoms with E-state index in [-0.39, 0.29) is 5.69 Å². The molecule has 0 aromatic heterocycles. The van der Waals surface area contributed by atoms with Gasteiger partial charge in [-0.15, -0.1) is 6.42 Å². The first-order valence-corrected chi connectivity index (χ1v) is 8.01. The maximum atomic E-state index is 12.6. The second kappa shape index (κ2) is 7.91. The molecule has 0 aliphatic carbocycles. The molecule has 0 bridgehead atoms. The summed E-state index contributed by atoms with van der Waals surface area (Å²) in [5.74, 6) is 1.92. The van der Waals surface area contributed by atoms with Crippen LogP contribution < -0.4 is 10.2 Å². The average molecular weight is 359 g/mol. The first-order chi connectivity index (χ1) is 11.8. The van der Waals surface area contributed by atoms with Crippen LogP contribution in [0.4, 0.5) is 15.3 Å². The number of carbonyl (C=O) groups is 2. The van der Waals surface area contributed by atoms with Crippen LogP contribution in [0, 0.1) is 17.8 Å². The lowest BCUT2D eigenvalue weighted by molar-refractivity contribution is 0.0559. The van der Waals surface area contributed by atoms with Crippen LogP contribution in [0.5, 0.6) is 0 Å². The number of nitrogens with one attached hydrogen (secondary N) is 2. The number of terminal acetylenes is 1. The molecule has 0 heterocycles. The molecule has 0 aliphatic heterocycles. The van der Waals surface area contributed by atoms with E-state index in [0.717, 1.165) is 4.90 Å². The Bertz CT molecular complexity index is 736. The highest BCUT2D eigenvalue weighted by molar-refractivity contribution is 6.16. The Morgan fingerprint density at radius 3 is 2.12 bits per heavy atom. The number of rotatable bonds is 1. The van der Waals surface area contributed by atoms with Crippen molar-refractivity contribution in [3.8, 4) is 12.3 Å². The maximum Gasteiger partial charge on any atom is 0.421 e. The zero-order valence-corrected chi connectivity index (χ0v) is 16.0. The largest absolute Gasteiger partial charge is 0.444 e. The fourth-order valence-electron chi connectivity index (χ4n) is 1.86. The van der Waals surface area contributed by atoms with Gasteiger partial charge in [-0.1, -0.05) is 18.1 Å². The molecule has 7 heteroatoms. The number of amides is 2.